The molecule has 0 bridgehead atoms. The van der Waals surface area contributed by atoms with Crippen molar-refractivity contribution in [2.45, 2.75) is 57.8 Å². The van der Waals surface area contributed by atoms with E-state index in [1.807, 2.05) is 0 Å². The molecule has 0 saturated carbocycles. The van der Waals surface area contributed by atoms with E-state index in [9.17, 15) is 0 Å². The number of hydrogen-bond acceptors (Lipinski definition) is 5. The number of ether oxygens (including phenoxy) is 3. The fraction of sp³-hybridized carbons (Fsp3) is 0.120. The lowest BCUT2D eigenvalue weighted by Crippen LogP contribution is -2.60. The first-order valence-corrected chi connectivity index (χ1v) is 28.3. The Balaban J connectivity index is 1.01. The maximum absolute atomic E-state index is 7.57. The molecule has 0 fully saturated rings. The van der Waals surface area contributed by atoms with Gasteiger partial charge in [-0.05, 0) is 104 Å². The summed E-state index contributed by atoms with van der Waals surface area (Å²) in [7, 11) is 0. The first-order valence-electron chi connectivity index (χ1n) is 28.3. The standard InChI is InChI=1S/C75H57BN2O3/c1-73(2)53-31-16-19-34-61(53)77(50-27-14-9-15-28-50)62-38-37-48(39-56(62)73)49-40-64-71-70(41-49)81-69-45-68-58(75(5,6)55-33-18-21-36-66(55)80-68)43-60(69)76(71)59-42-57-67(79-65-35-20-17-32-54(65)74(57,3)4)44-63(59)78(64)72-51(46-23-10-7-11-24-46)29-22-30-52(72)47-25-12-8-13-26-47/h7-45H,1-6H3. The molecule has 0 saturated heterocycles. The van der Waals surface area contributed by atoms with Crippen molar-refractivity contribution in [3.8, 4) is 67.9 Å². The quantitative estimate of drug-likeness (QED) is 0.161. The Labute approximate surface area is 474 Å². The van der Waals surface area contributed by atoms with Crippen LogP contribution in [0, 0.1) is 0 Å². The van der Waals surface area contributed by atoms with Crippen molar-refractivity contribution >= 4 is 57.2 Å². The summed E-state index contributed by atoms with van der Waals surface area (Å²) >= 11 is 0. The molecule has 5 aliphatic rings. The predicted molar refractivity (Wildman–Crippen MR) is 333 cm³/mol. The lowest BCUT2D eigenvalue weighted by atomic mass is 9.33. The molecule has 16 rings (SSSR count). The molecule has 6 heteroatoms. The van der Waals surface area contributed by atoms with Gasteiger partial charge in [0.25, 0.3) is 6.71 Å². The first kappa shape index (κ1) is 47.5. The van der Waals surface area contributed by atoms with Crippen LogP contribution in [0.5, 0.6) is 34.5 Å². The van der Waals surface area contributed by atoms with Crippen LogP contribution >= 0.6 is 0 Å². The highest BCUT2D eigenvalue weighted by Crippen LogP contribution is 2.57. The summed E-state index contributed by atoms with van der Waals surface area (Å²) in [6.07, 6.45) is 0. The summed E-state index contributed by atoms with van der Waals surface area (Å²) in [5.74, 6) is 5.03. The Morgan fingerprint density at radius 2 is 0.815 bits per heavy atom. The summed E-state index contributed by atoms with van der Waals surface area (Å²) in [4.78, 5) is 4.98. The van der Waals surface area contributed by atoms with E-state index in [4.69, 9.17) is 14.2 Å². The molecule has 5 nitrogen and oxygen atoms in total. The van der Waals surface area contributed by atoms with Gasteiger partial charge in [0.2, 0.25) is 0 Å². The zero-order chi connectivity index (χ0) is 54.5. The minimum absolute atomic E-state index is 0.238. The van der Waals surface area contributed by atoms with E-state index < -0.39 is 0 Å². The number of anilines is 6. The second kappa shape index (κ2) is 17.2. The average Bonchev–Trinajstić information content (AvgIpc) is 2.91. The fourth-order valence-corrected chi connectivity index (χ4v) is 14.2. The molecule has 0 spiro atoms. The van der Waals surface area contributed by atoms with Crippen LogP contribution in [-0.4, -0.2) is 6.71 Å². The highest BCUT2D eigenvalue weighted by atomic mass is 16.5. The Bertz CT molecular complexity index is 4370. The lowest BCUT2D eigenvalue weighted by Gasteiger charge is -2.44. The Morgan fingerprint density at radius 1 is 0.296 bits per heavy atom. The van der Waals surface area contributed by atoms with Crippen LogP contribution in [0.3, 0.4) is 0 Å². The minimum atomic E-state index is -0.381. The Kier molecular flexibility index (Phi) is 10.1. The van der Waals surface area contributed by atoms with E-state index in [1.54, 1.807) is 0 Å². The second-order valence-electron chi connectivity index (χ2n) is 24.0. The van der Waals surface area contributed by atoms with Crippen molar-refractivity contribution in [2.24, 2.45) is 0 Å². The summed E-state index contributed by atoms with van der Waals surface area (Å²) in [6, 6.07) is 86.4. The highest BCUT2D eigenvalue weighted by Gasteiger charge is 2.48. The van der Waals surface area contributed by atoms with Gasteiger partial charge in [-0.25, -0.2) is 0 Å². The molecule has 11 aromatic carbocycles. The third-order valence-corrected chi connectivity index (χ3v) is 18.4. The van der Waals surface area contributed by atoms with E-state index in [1.165, 1.54) is 33.5 Å². The van der Waals surface area contributed by atoms with Gasteiger partial charge in [-0.2, -0.15) is 0 Å². The molecule has 5 heterocycles. The zero-order valence-electron chi connectivity index (χ0n) is 46.2. The molecule has 388 valence electrons. The molecule has 0 amide bonds. The van der Waals surface area contributed by atoms with E-state index in [0.29, 0.717) is 0 Å². The maximum atomic E-state index is 7.57. The zero-order valence-corrected chi connectivity index (χ0v) is 46.2. The van der Waals surface area contributed by atoms with Crippen molar-refractivity contribution in [3.63, 3.8) is 0 Å². The first-order chi connectivity index (χ1) is 39.4. The van der Waals surface area contributed by atoms with E-state index in [-0.39, 0.29) is 23.0 Å². The van der Waals surface area contributed by atoms with Gasteiger partial charge in [0.1, 0.15) is 34.5 Å². The van der Waals surface area contributed by atoms with Gasteiger partial charge in [-0.1, -0.05) is 211 Å². The third-order valence-electron chi connectivity index (χ3n) is 18.4. The van der Waals surface area contributed by atoms with Crippen molar-refractivity contribution in [2.75, 3.05) is 9.80 Å². The topological polar surface area (TPSA) is 34.2 Å². The van der Waals surface area contributed by atoms with Gasteiger partial charge in [0.05, 0.1) is 17.1 Å². The highest BCUT2D eigenvalue weighted by molar-refractivity contribution is 6.99. The molecule has 81 heavy (non-hydrogen) atoms. The predicted octanol–water partition coefficient (Wildman–Crippen LogP) is 18.1. The van der Waals surface area contributed by atoms with Gasteiger partial charge in [0, 0.05) is 78.8 Å². The molecule has 0 radical (unpaired) electrons. The number of nitrogens with zero attached hydrogens (tertiary/aromatic N) is 2. The van der Waals surface area contributed by atoms with Gasteiger partial charge >= 0.3 is 0 Å². The fourth-order valence-electron chi connectivity index (χ4n) is 14.2. The summed E-state index contributed by atoms with van der Waals surface area (Å²) in [5, 5.41) is 0. The van der Waals surface area contributed by atoms with Crippen LogP contribution in [-0.2, 0) is 16.2 Å². The molecule has 0 N–H and O–H groups in total. The van der Waals surface area contributed by atoms with Crippen molar-refractivity contribution in [1.82, 2.24) is 0 Å². The van der Waals surface area contributed by atoms with Crippen LogP contribution in [0.2, 0.25) is 0 Å². The van der Waals surface area contributed by atoms with Gasteiger partial charge in [-0.3, -0.25) is 0 Å². The normalized spacial score (nSPS) is 15.6. The van der Waals surface area contributed by atoms with Gasteiger partial charge in [-0.15, -0.1) is 0 Å². The molecular weight excluding hydrogens is 988 g/mol. The van der Waals surface area contributed by atoms with E-state index in [2.05, 4.69) is 288 Å². The molecular formula is C75H57BN2O3. The molecule has 0 unspecified atom stereocenters. The summed E-state index contributed by atoms with van der Waals surface area (Å²) in [6.45, 7) is 13.8. The number of fused-ring (bicyclic) bond motifs is 10. The molecule has 0 aliphatic carbocycles. The van der Waals surface area contributed by atoms with Crippen LogP contribution in [0.4, 0.5) is 34.1 Å². The summed E-state index contributed by atoms with van der Waals surface area (Å²) < 4.78 is 21.6. The lowest BCUT2D eigenvalue weighted by molar-refractivity contribution is 0.412. The van der Waals surface area contributed by atoms with Crippen LogP contribution in [0.25, 0.3) is 33.4 Å². The van der Waals surface area contributed by atoms with Crippen molar-refractivity contribution in [3.05, 3.63) is 270 Å². The molecule has 5 aliphatic heterocycles. The largest absolute Gasteiger partial charge is 0.458 e. The van der Waals surface area contributed by atoms with Crippen LogP contribution in [0.1, 0.15) is 74.9 Å². The molecule has 0 aromatic heterocycles. The third kappa shape index (κ3) is 6.93. The maximum Gasteiger partial charge on any atom is 0.256 e. The smallest absolute Gasteiger partial charge is 0.256 e. The van der Waals surface area contributed by atoms with Crippen LogP contribution in [0.15, 0.2) is 237 Å². The van der Waals surface area contributed by atoms with Gasteiger partial charge in [0.15, 0.2) is 0 Å². The number of rotatable bonds is 5. The van der Waals surface area contributed by atoms with Crippen molar-refractivity contribution < 1.29 is 14.2 Å². The van der Waals surface area contributed by atoms with Gasteiger partial charge < -0.3 is 24.0 Å². The number of para-hydroxylation sites is 5. The monoisotopic (exact) mass is 1040 g/mol. The SMILES string of the molecule is CC1(C)c2ccccc2Oc2cc3c(cc21)B1c2cc4c(cc2N(c2c(-c5ccccc5)cccc2-c2ccccc2)c2cc(-c5ccc6c(c5)C(C)(C)c5ccccc5N6c5ccccc5)cc(c21)O3)Oc1ccccc1C4(C)C. The average molecular weight is 1050 g/mol. The molecule has 0 atom stereocenters. The molecule has 11 aromatic rings. The number of hydrogen-bond donors (Lipinski definition) is 0. The van der Waals surface area contributed by atoms with E-state index in [0.717, 1.165) is 118 Å². The van der Waals surface area contributed by atoms with E-state index >= 15 is 0 Å². The minimum Gasteiger partial charge on any atom is -0.458 e. The van der Waals surface area contributed by atoms with Crippen LogP contribution < -0.4 is 40.4 Å². The Hall–Kier alpha value is -9.52. The Morgan fingerprint density at radius 3 is 1.46 bits per heavy atom. The number of benzene rings is 11. The summed E-state index contributed by atoms with van der Waals surface area (Å²) in [5.41, 5.74) is 22.8. The second-order valence-corrected chi connectivity index (χ2v) is 24.0. The van der Waals surface area contributed by atoms with Crippen molar-refractivity contribution in [1.29, 1.82) is 0 Å².